The summed E-state index contributed by atoms with van der Waals surface area (Å²) >= 11 is 12.1. The van der Waals surface area contributed by atoms with E-state index >= 15 is 0 Å². The average Bonchev–Trinajstić information content (AvgIpc) is 3.25. The van der Waals surface area contributed by atoms with E-state index in [4.69, 9.17) is 32.7 Å². The third kappa shape index (κ3) is 8.19. The molecule has 1 atom stereocenters. The molecule has 1 amide bonds. The Morgan fingerprint density at radius 1 is 1.34 bits per heavy atom. The van der Waals surface area contributed by atoms with Crippen molar-refractivity contribution in [1.29, 1.82) is 0 Å². The molecule has 2 heterocycles. The molecule has 0 N–H and O–H groups in total. The summed E-state index contributed by atoms with van der Waals surface area (Å²) in [5.74, 6) is 0.589. The number of benzene rings is 1. The van der Waals surface area contributed by atoms with Gasteiger partial charge in [0.25, 0.3) is 5.69 Å². The fourth-order valence-electron chi connectivity index (χ4n) is 3.67. The molecule has 1 aliphatic heterocycles. The van der Waals surface area contributed by atoms with Crippen molar-refractivity contribution in [3.63, 3.8) is 0 Å². The minimum absolute atomic E-state index is 0.00782. The first-order valence-electron chi connectivity index (χ1n) is 11.3. The van der Waals surface area contributed by atoms with Crippen LogP contribution in [-0.4, -0.2) is 63.8 Å². The van der Waals surface area contributed by atoms with Crippen LogP contribution in [0.5, 0.6) is 0 Å². The number of anilines is 1. The molecule has 190 valence electrons. The van der Waals surface area contributed by atoms with Gasteiger partial charge in [0.1, 0.15) is 10.6 Å². The first-order valence-corrected chi connectivity index (χ1v) is 12.0. The van der Waals surface area contributed by atoms with Gasteiger partial charge >= 0.3 is 6.09 Å². The van der Waals surface area contributed by atoms with Gasteiger partial charge in [0.15, 0.2) is 5.82 Å². The van der Waals surface area contributed by atoms with Crippen LogP contribution in [-0.2, 0) is 16.0 Å². The van der Waals surface area contributed by atoms with Crippen molar-refractivity contribution in [3.8, 4) is 0 Å². The number of carbonyl (C=O) groups excluding carboxylic acids is 1. The molecule has 12 heteroatoms. The van der Waals surface area contributed by atoms with Crippen molar-refractivity contribution in [2.75, 3.05) is 31.1 Å². The normalized spacial score (nSPS) is 15.8. The van der Waals surface area contributed by atoms with Gasteiger partial charge in [-0.2, -0.15) is 4.98 Å². The molecular weight excluding hydrogens is 497 g/mol. The van der Waals surface area contributed by atoms with E-state index in [2.05, 4.69) is 9.97 Å². The lowest BCUT2D eigenvalue weighted by molar-refractivity contribution is -0.384. The number of amides is 1. The van der Waals surface area contributed by atoms with Crippen molar-refractivity contribution < 1.29 is 19.2 Å². The van der Waals surface area contributed by atoms with Gasteiger partial charge in [-0.05, 0) is 50.8 Å². The standard InChI is InChI=1S/C23H29Cl2N5O5/c1-23(2,3)35-22(31)29(14-16-6-4-7-17(12-16)30(32)33)9-5-11-34-18-8-10-28(15-18)20-19(24)13-26-21(25)27-20/h4,6-7,12-13,18H,5,8-11,14-15H2,1-3H3. The number of non-ortho nitro benzene ring substituents is 1. The SMILES string of the molecule is CC(C)(C)OC(=O)N(CCCOC1CCN(c2nc(Cl)ncc2Cl)C1)Cc1cccc([N+](=O)[O-])c1. The monoisotopic (exact) mass is 525 g/mol. The summed E-state index contributed by atoms with van der Waals surface area (Å²) in [5, 5.41) is 11.7. The van der Waals surface area contributed by atoms with Crippen LogP contribution in [0.2, 0.25) is 10.3 Å². The van der Waals surface area contributed by atoms with E-state index in [0.717, 1.165) is 13.0 Å². The smallest absolute Gasteiger partial charge is 0.410 e. The Hall–Kier alpha value is -2.69. The molecule has 1 unspecified atom stereocenters. The lowest BCUT2D eigenvalue weighted by Gasteiger charge is -2.27. The number of aromatic nitrogens is 2. The fraction of sp³-hybridized carbons (Fsp3) is 0.522. The maximum atomic E-state index is 12.8. The second-order valence-electron chi connectivity index (χ2n) is 9.22. The number of carbonyl (C=O) groups is 1. The number of hydrogen-bond donors (Lipinski definition) is 0. The highest BCUT2D eigenvalue weighted by atomic mass is 35.5. The van der Waals surface area contributed by atoms with Gasteiger partial charge in [0, 0.05) is 44.9 Å². The zero-order chi connectivity index (χ0) is 25.6. The summed E-state index contributed by atoms with van der Waals surface area (Å²) in [6.45, 7) is 7.74. The highest BCUT2D eigenvalue weighted by Gasteiger charge is 2.27. The third-order valence-corrected chi connectivity index (χ3v) is 5.66. The molecule has 0 spiro atoms. The summed E-state index contributed by atoms with van der Waals surface area (Å²) in [7, 11) is 0. The number of nitro benzene ring substituents is 1. The Labute approximate surface area is 214 Å². The molecule has 0 saturated carbocycles. The van der Waals surface area contributed by atoms with Gasteiger partial charge in [0.05, 0.1) is 17.2 Å². The number of ether oxygens (including phenoxy) is 2. The molecular formula is C23H29Cl2N5O5. The lowest BCUT2D eigenvalue weighted by atomic mass is 10.2. The maximum Gasteiger partial charge on any atom is 0.410 e. The van der Waals surface area contributed by atoms with Gasteiger partial charge in [-0.25, -0.2) is 9.78 Å². The van der Waals surface area contributed by atoms with Crippen molar-refractivity contribution in [1.82, 2.24) is 14.9 Å². The summed E-state index contributed by atoms with van der Waals surface area (Å²) in [6, 6.07) is 6.24. The fourth-order valence-corrected chi connectivity index (χ4v) is 4.01. The van der Waals surface area contributed by atoms with Gasteiger partial charge in [-0.15, -0.1) is 0 Å². The summed E-state index contributed by atoms with van der Waals surface area (Å²) in [6.07, 6.45) is 2.37. The van der Waals surface area contributed by atoms with Crippen LogP contribution >= 0.6 is 23.2 Å². The molecule has 1 aliphatic rings. The molecule has 0 bridgehead atoms. The molecule has 2 aromatic rings. The summed E-state index contributed by atoms with van der Waals surface area (Å²) in [5.41, 5.74) is -0.0314. The van der Waals surface area contributed by atoms with Crippen LogP contribution in [0.25, 0.3) is 0 Å². The molecule has 0 radical (unpaired) electrons. The minimum Gasteiger partial charge on any atom is -0.444 e. The predicted molar refractivity (Wildman–Crippen MR) is 133 cm³/mol. The lowest BCUT2D eigenvalue weighted by Crippen LogP contribution is -2.37. The Balaban J connectivity index is 1.54. The van der Waals surface area contributed by atoms with Crippen LogP contribution in [0.1, 0.15) is 39.2 Å². The molecule has 35 heavy (non-hydrogen) atoms. The zero-order valence-electron chi connectivity index (χ0n) is 19.9. The van der Waals surface area contributed by atoms with Crippen LogP contribution in [0, 0.1) is 10.1 Å². The molecule has 0 aliphatic carbocycles. The zero-order valence-corrected chi connectivity index (χ0v) is 21.5. The highest BCUT2D eigenvalue weighted by molar-refractivity contribution is 6.33. The Morgan fingerprint density at radius 3 is 2.83 bits per heavy atom. The topological polar surface area (TPSA) is 111 Å². The van der Waals surface area contributed by atoms with Crippen LogP contribution < -0.4 is 4.90 Å². The third-order valence-electron chi connectivity index (χ3n) is 5.21. The van der Waals surface area contributed by atoms with Crippen molar-refractivity contribution in [3.05, 3.63) is 56.4 Å². The van der Waals surface area contributed by atoms with Crippen LogP contribution in [0.3, 0.4) is 0 Å². The second kappa shape index (κ2) is 11.8. The minimum atomic E-state index is -0.660. The van der Waals surface area contributed by atoms with Gasteiger partial charge in [-0.1, -0.05) is 23.7 Å². The molecule has 3 rings (SSSR count). The van der Waals surface area contributed by atoms with E-state index < -0.39 is 16.6 Å². The Kier molecular flexibility index (Phi) is 9.09. The number of nitrogens with zero attached hydrogens (tertiary/aromatic N) is 5. The van der Waals surface area contributed by atoms with E-state index in [-0.39, 0.29) is 23.6 Å². The van der Waals surface area contributed by atoms with E-state index in [1.54, 1.807) is 32.9 Å². The van der Waals surface area contributed by atoms with Crippen LogP contribution in [0.4, 0.5) is 16.3 Å². The average molecular weight is 526 g/mol. The molecule has 1 saturated heterocycles. The van der Waals surface area contributed by atoms with E-state index in [9.17, 15) is 14.9 Å². The largest absolute Gasteiger partial charge is 0.444 e. The molecule has 1 aromatic heterocycles. The first kappa shape index (κ1) is 26.9. The maximum absolute atomic E-state index is 12.8. The van der Waals surface area contributed by atoms with Crippen molar-refractivity contribution in [2.45, 2.75) is 51.9 Å². The van der Waals surface area contributed by atoms with Crippen molar-refractivity contribution >= 4 is 40.8 Å². The Morgan fingerprint density at radius 2 is 2.11 bits per heavy atom. The van der Waals surface area contributed by atoms with Crippen LogP contribution in [0.15, 0.2) is 30.5 Å². The van der Waals surface area contributed by atoms with Gasteiger partial charge in [-0.3, -0.25) is 10.1 Å². The second-order valence-corrected chi connectivity index (χ2v) is 9.97. The quantitative estimate of drug-likeness (QED) is 0.192. The number of nitro groups is 1. The molecule has 1 aromatic carbocycles. The highest BCUT2D eigenvalue weighted by Crippen LogP contribution is 2.28. The first-order chi connectivity index (χ1) is 16.5. The summed E-state index contributed by atoms with van der Waals surface area (Å²) < 4.78 is 11.6. The predicted octanol–water partition coefficient (Wildman–Crippen LogP) is 5.11. The number of hydrogen-bond acceptors (Lipinski definition) is 8. The van der Waals surface area contributed by atoms with E-state index in [1.165, 1.54) is 23.2 Å². The van der Waals surface area contributed by atoms with E-state index in [1.807, 2.05) is 4.90 Å². The van der Waals surface area contributed by atoms with E-state index in [0.29, 0.717) is 42.5 Å². The number of halogens is 2. The molecule has 1 fully saturated rings. The van der Waals surface area contributed by atoms with Gasteiger partial charge < -0.3 is 19.3 Å². The Bertz CT molecular complexity index is 1050. The molecule has 10 nitrogen and oxygen atoms in total. The summed E-state index contributed by atoms with van der Waals surface area (Å²) in [4.78, 5) is 35.1. The van der Waals surface area contributed by atoms with Gasteiger partial charge in [0.2, 0.25) is 5.28 Å². The van der Waals surface area contributed by atoms with Crippen molar-refractivity contribution in [2.24, 2.45) is 0 Å². The number of rotatable bonds is 9.